The van der Waals surface area contributed by atoms with E-state index in [0.29, 0.717) is 12.1 Å². The molecule has 1 N–H and O–H groups in total. The second-order valence-electron chi connectivity index (χ2n) is 5.33. The van der Waals surface area contributed by atoms with Gasteiger partial charge >= 0.3 is 0 Å². The van der Waals surface area contributed by atoms with E-state index < -0.39 is 0 Å². The molecule has 1 saturated heterocycles. The Labute approximate surface area is 122 Å². The number of hydrogen-bond acceptors (Lipinski definition) is 4. The van der Waals surface area contributed by atoms with Gasteiger partial charge in [0.2, 0.25) is 0 Å². The highest BCUT2D eigenvalue weighted by molar-refractivity contribution is 5.30. The molecular formula is C16H26N2O2. The van der Waals surface area contributed by atoms with Crippen LogP contribution in [0.25, 0.3) is 0 Å². The highest BCUT2D eigenvalue weighted by Crippen LogP contribution is 2.21. The van der Waals surface area contributed by atoms with Crippen LogP contribution in [-0.2, 0) is 4.74 Å². The first kappa shape index (κ1) is 15.3. The first-order chi connectivity index (χ1) is 9.72. The Morgan fingerprint density at radius 1 is 1.50 bits per heavy atom. The normalized spacial score (nSPS) is 21.6. The van der Waals surface area contributed by atoms with Gasteiger partial charge in [-0.15, -0.1) is 0 Å². The van der Waals surface area contributed by atoms with E-state index in [1.54, 1.807) is 7.11 Å². The van der Waals surface area contributed by atoms with Gasteiger partial charge in [0, 0.05) is 25.7 Å². The van der Waals surface area contributed by atoms with E-state index in [9.17, 15) is 0 Å². The zero-order valence-electron chi connectivity index (χ0n) is 12.8. The van der Waals surface area contributed by atoms with Crippen LogP contribution in [0.1, 0.15) is 25.5 Å². The molecule has 0 aromatic heterocycles. The lowest BCUT2D eigenvalue weighted by molar-refractivity contribution is -0.0210. The van der Waals surface area contributed by atoms with Gasteiger partial charge in [0.1, 0.15) is 5.75 Å². The Morgan fingerprint density at radius 2 is 2.35 bits per heavy atom. The van der Waals surface area contributed by atoms with Crippen molar-refractivity contribution in [3.8, 4) is 5.75 Å². The van der Waals surface area contributed by atoms with Gasteiger partial charge < -0.3 is 14.8 Å². The van der Waals surface area contributed by atoms with Crippen LogP contribution >= 0.6 is 0 Å². The van der Waals surface area contributed by atoms with E-state index in [-0.39, 0.29) is 0 Å². The summed E-state index contributed by atoms with van der Waals surface area (Å²) in [6, 6.07) is 8.67. The quantitative estimate of drug-likeness (QED) is 0.863. The Kier molecular flexibility index (Phi) is 5.83. The molecule has 20 heavy (non-hydrogen) atoms. The molecule has 0 aliphatic carbocycles. The average molecular weight is 278 g/mol. The second-order valence-corrected chi connectivity index (χ2v) is 5.33. The first-order valence-electron chi connectivity index (χ1n) is 7.44. The van der Waals surface area contributed by atoms with E-state index >= 15 is 0 Å². The van der Waals surface area contributed by atoms with E-state index in [1.165, 1.54) is 5.56 Å². The summed E-state index contributed by atoms with van der Waals surface area (Å²) in [5, 5.41) is 3.57. The standard InChI is InChI=1S/C16H26N2O2/c1-4-17-16(12-18-8-9-20-13(2)11-18)14-6-5-7-15(10-14)19-3/h5-7,10,13,16-17H,4,8-9,11-12H2,1-3H3. The van der Waals surface area contributed by atoms with Gasteiger partial charge in [0.15, 0.2) is 0 Å². The smallest absolute Gasteiger partial charge is 0.119 e. The van der Waals surface area contributed by atoms with Gasteiger partial charge in [-0.3, -0.25) is 4.90 Å². The van der Waals surface area contributed by atoms with Crippen molar-refractivity contribution in [3.63, 3.8) is 0 Å². The van der Waals surface area contributed by atoms with Crippen LogP contribution in [0.3, 0.4) is 0 Å². The molecule has 0 bridgehead atoms. The van der Waals surface area contributed by atoms with Gasteiger partial charge in [-0.25, -0.2) is 0 Å². The number of nitrogens with one attached hydrogen (secondary N) is 1. The number of likely N-dealkylation sites (N-methyl/N-ethyl adjacent to an activating group) is 1. The fourth-order valence-electron chi connectivity index (χ4n) is 2.71. The van der Waals surface area contributed by atoms with Crippen LogP contribution in [0.2, 0.25) is 0 Å². The van der Waals surface area contributed by atoms with E-state index in [2.05, 4.69) is 42.3 Å². The minimum absolute atomic E-state index is 0.330. The van der Waals surface area contributed by atoms with Crippen molar-refractivity contribution in [1.82, 2.24) is 10.2 Å². The highest BCUT2D eigenvalue weighted by Gasteiger charge is 2.21. The van der Waals surface area contributed by atoms with E-state index in [0.717, 1.165) is 38.5 Å². The molecule has 2 rings (SSSR count). The predicted octanol–water partition coefficient (Wildman–Crippen LogP) is 2.07. The van der Waals surface area contributed by atoms with Crippen molar-refractivity contribution in [3.05, 3.63) is 29.8 Å². The molecule has 0 spiro atoms. The molecule has 1 heterocycles. The van der Waals surface area contributed by atoms with Crippen LogP contribution in [0, 0.1) is 0 Å². The van der Waals surface area contributed by atoms with Crippen molar-refractivity contribution in [1.29, 1.82) is 0 Å². The minimum Gasteiger partial charge on any atom is -0.497 e. The monoisotopic (exact) mass is 278 g/mol. The Bertz CT molecular complexity index is 411. The zero-order valence-corrected chi connectivity index (χ0v) is 12.8. The number of rotatable bonds is 6. The van der Waals surface area contributed by atoms with Crippen LogP contribution < -0.4 is 10.1 Å². The number of benzene rings is 1. The number of methoxy groups -OCH3 is 1. The first-order valence-corrected chi connectivity index (χ1v) is 7.44. The van der Waals surface area contributed by atoms with E-state index in [1.807, 2.05) is 6.07 Å². The summed E-state index contributed by atoms with van der Waals surface area (Å²) in [6.07, 6.45) is 0.330. The Hall–Kier alpha value is -1.10. The number of nitrogens with zero attached hydrogens (tertiary/aromatic N) is 1. The lowest BCUT2D eigenvalue weighted by Gasteiger charge is -2.34. The van der Waals surface area contributed by atoms with Crippen molar-refractivity contribution >= 4 is 0 Å². The summed E-state index contributed by atoms with van der Waals surface area (Å²) in [6.45, 7) is 9.10. The highest BCUT2D eigenvalue weighted by atomic mass is 16.5. The molecule has 112 valence electrons. The summed E-state index contributed by atoms with van der Waals surface area (Å²) in [5.74, 6) is 0.917. The SMILES string of the molecule is CCNC(CN1CCOC(C)C1)c1cccc(OC)c1. The van der Waals surface area contributed by atoms with Gasteiger partial charge in [0.25, 0.3) is 0 Å². The number of hydrogen-bond donors (Lipinski definition) is 1. The molecule has 4 nitrogen and oxygen atoms in total. The molecule has 1 fully saturated rings. The van der Waals surface area contributed by atoms with Crippen LogP contribution in [0.15, 0.2) is 24.3 Å². The van der Waals surface area contributed by atoms with Crippen LogP contribution in [0.5, 0.6) is 5.75 Å². The second kappa shape index (κ2) is 7.62. The molecule has 0 saturated carbocycles. The molecule has 0 radical (unpaired) electrons. The lowest BCUT2D eigenvalue weighted by atomic mass is 10.1. The summed E-state index contributed by atoms with van der Waals surface area (Å²) in [5.41, 5.74) is 1.28. The van der Waals surface area contributed by atoms with Gasteiger partial charge in [0.05, 0.1) is 19.8 Å². The largest absolute Gasteiger partial charge is 0.497 e. The third-order valence-corrected chi connectivity index (χ3v) is 3.71. The fraction of sp³-hybridized carbons (Fsp3) is 0.625. The summed E-state index contributed by atoms with van der Waals surface area (Å²) in [7, 11) is 1.71. The maximum Gasteiger partial charge on any atom is 0.119 e. The summed E-state index contributed by atoms with van der Waals surface area (Å²) >= 11 is 0. The topological polar surface area (TPSA) is 33.7 Å². The summed E-state index contributed by atoms with van der Waals surface area (Å²) < 4.78 is 10.9. The molecule has 1 aliphatic heterocycles. The third kappa shape index (κ3) is 4.20. The Morgan fingerprint density at radius 3 is 3.05 bits per heavy atom. The number of morpholine rings is 1. The Balaban J connectivity index is 2.05. The molecule has 4 heteroatoms. The molecule has 0 amide bonds. The summed E-state index contributed by atoms with van der Waals surface area (Å²) in [4.78, 5) is 2.47. The maximum atomic E-state index is 5.61. The van der Waals surface area contributed by atoms with Crippen molar-refractivity contribution < 1.29 is 9.47 Å². The zero-order chi connectivity index (χ0) is 14.4. The minimum atomic E-state index is 0.330. The maximum absolute atomic E-state index is 5.61. The molecule has 1 aliphatic rings. The third-order valence-electron chi connectivity index (χ3n) is 3.71. The van der Waals surface area contributed by atoms with Crippen LogP contribution in [0.4, 0.5) is 0 Å². The predicted molar refractivity (Wildman–Crippen MR) is 81.3 cm³/mol. The van der Waals surface area contributed by atoms with Crippen molar-refractivity contribution in [2.24, 2.45) is 0 Å². The molecule has 1 aromatic rings. The lowest BCUT2D eigenvalue weighted by Crippen LogP contribution is -2.45. The van der Waals surface area contributed by atoms with Gasteiger partial charge in [-0.2, -0.15) is 0 Å². The van der Waals surface area contributed by atoms with E-state index in [4.69, 9.17) is 9.47 Å². The van der Waals surface area contributed by atoms with Gasteiger partial charge in [-0.05, 0) is 31.2 Å². The fourth-order valence-corrected chi connectivity index (χ4v) is 2.71. The van der Waals surface area contributed by atoms with Gasteiger partial charge in [-0.1, -0.05) is 19.1 Å². The van der Waals surface area contributed by atoms with Crippen LogP contribution in [-0.4, -0.2) is 50.9 Å². The molecule has 1 aromatic carbocycles. The molecular weight excluding hydrogens is 252 g/mol. The van der Waals surface area contributed by atoms with Crippen molar-refractivity contribution in [2.45, 2.75) is 26.0 Å². The van der Waals surface area contributed by atoms with Crippen molar-refractivity contribution in [2.75, 3.05) is 39.9 Å². The molecule has 2 unspecified atom stereocenters. The molecule has 2 atom stereocenters. The number of ether oxygens (including phenoxy) is 2. The average Bonchev–Trinajstić information content (AvgIpc) is 2.47.